The third kappa shape index (κ3) is 5.19. The maximum atomic E-state index is 14.5. The van der Waals surface area contributed by atoms with Crippen LogP contribution in [0, 0.1) is 5.82 Å². The van der Waals surface area contributed by atoms with Crippen LogP contribution >= 0.6 is 0 Å². The Kier molecular flexibility index (Phi) is 7.18. The zero-order valence-corrected chi connectivity index (χ0v) is 16.7. The van der Waals surface area contributed by atoms with Crippen molar-refractivity contribution in [3.8, 4) is 28.1 Å². The van der Waals surface area contributed by atoms with Crippen molar-refractivity contribution in [1.29, 1.82) is 0 Å². The lowest BCUT2D eigenvalue weighted by atomic mass is 10.0. The highest BCUT2D eigenvalue weighted by Gasteiger charge is 2.08. The molecule has 2 aromatic carbocycles. The monoisotopic (exact) mass is 377 g/mol. The first-order chi connectivity index (χ1) is 13.7. The Morgan fingerprint density at radius 3 is 2.25 bits per heavy atom. The molecule has 0 radical (unpaired) electrons. The summed E-state index contributed by atoms with van der Waals surface area (Å²) >= 11 is 0. The van der Waals surface area contributed by atoms with Gasteiger partial charge in [-0.25, -0.2) is 4.39 Å². The van der Waals surface area contributed by atoms with E-state index in [-0.39, 0.29) is 5.82 Å². The molecule has 3 heteroatoms. The van der Waals surface area contributed by atoms with E-state index in [4.69, 9.17) is 4.74 Å². The maximum Gasteiger partial charge on any atom is 0.132 e. The Bertz CT molecular complexity index is 872. The normalized spacial score (nSPS) is 10.8. The van der Waals surface area contributed by atoms with Crippen molar-refractivity contribution in [2.24, 2.45) is 0 Å². The first-order valence-electron chi connectivity index (χ1n) is 10.2. The van der Waals surface area contributed by atoms with Crippen LogP contribution in [0.4, 0.5) is 4.39 Å². The second kappa shape index (κ2) is 10.0. The topological polar surface area (TPSA) is 22.1 Å². The molecule has 0 bridgehead atoms. The molecule has 2 nitrogen and oxygen atoms in total. The van der Waals surface area contributed by atoms with E-state index in [1.165, 1.54) is 0 Å². The molecule has 28 heavy (non-hydrogen) atoms. The highest BCUT2D eigenvalue weighted by atomic mass is 19.1. The summed E-state index contributed by atoms with van der Waals surface area (Å²) in [6.07, 6.45) is 7.08. The molecular weight excluding hydrogens is 349 g/mol. The van der Waals surface area contributed by atoms with E-state index < -0.39 is 0 Å². The molecule has 0 atom stereocenters. The molecular formula is C25H28FNO. The highest BCUT2D eigenvalue weighted by Crippen LogP contribution is 2.26. The summed E-state index contributed by atoms with van der Waals surface area (Å²) in [7, 11) is 0. The first kappa shape index (κ1) is 20.1. The zero-order chi connectivity index (χ0) is 19.8. The number of hydrogen-bond acceptors (Lipinski definition) is 2. The van der Waals surface area contributed by atoms with Gasteiger partial charge in [0.15, 0.2) is 0 Å². The molecule has 1 aromatic heterocycles. The van der Waals surface area contributed by atoms with Crippen LogP contribution in [0.2, 0.25) is 0 Å². The van der Waals surface area contributed by atoms with E-state index in [1.807, 2.05) is 48.5 Å². The average molecular weight is 378 g/mol. The fourth-order valence-electron chi connectivity index (χ4n) is 3.10. The van der Waals surface area contributed by atoms with Crippen LogP contribution in [0.3, 0.4) is 0 Å². The quantitative estimate of drug-likeness (QED) is 0.372. The molecule has 0 aliphatic rings. The van der Waals surface area contributed by atoms with Crippen LogP contribution < -0.4 is 4.74 Å². The van der Waals surface area contributed by atoms with Crippen molar-refractivity contribution >= 4 is 0 Å². The second-order valence-electron chi connectivity index (χ2n) is 7.08. The minimum Gasteiger partial charge on any atom is -0.494 e. The summed E-state index contributed by atoms with van der Waals surface area (Å²) in [5.41, 5.74) is 4.32. The Morgan fingerprint density at radius 2 is 1.61 bits per heavy atom. The lowest BCUT2D eigenvalue weighted by Gasteiger charge is -2.08. The number of hydrogen-bond donors (Lipinski definition) is 0. The van der Waals surface area contributed by atoms with E-state index in [1.54, 1.807) is 12.3 Å². The predicted octanol–water partition coefficient (Wildman–Crippen LogP) is 7.08. The zero-order valence-electron chi connectivity index (χ0n) is 16.7. The summed E-state index contributed by atoms with van der Waals surface area (Å²) < 4.78 is 20.2. The molecule has 0 unspecified atom stereocenters. The Morgan fingerprint density at radius 1 is 0.857 bits per heavy atom. The minimum absolute atomic E-state index is 0.206. The van der Waals surface area contributed by atoms with Crippen LogP contribution in [0.1, 0.15) is 45.1 Å². The molecule has 0 saturated carbocycles. The van der Waals surface area contributed by atoms with Gasteiger partial charge in [-0.05, 0) is 60.7 Å². The lowest BCUT2D eigenvalue weighted by molar-refractivity contribution is 0.309. The number of nitrogens with zero attached hydrogens (tertiary/aromatic N) is 1. The Hall–Kier alpha value is -2.68. The van der Waals surface area contributed by atoms with Gasteiger partial charge < -0.3 is 4.74 Å². The number of halogens is 1. The molecule has 0 aliphatic heterocycles. The smallest absolute Gasteiger partial charge is 0.132 e. The third-order valence-corrected chi connectivity index (χ3v) is 4.85. The fraction of sp³-hybridized carbons (Fsp3) is 0.320. The first-order valence-corrected chi connectivity index (χ1v) is 10.2. The summed E-state index contributed by atoms with van der Waals surface area (Å²) in [6.45, 7) is 5.04. The van der Waals surface area contributed by atoms with Gasteiger partial charge in [0, 0.05) is 17.3 Å². The summed E-state index contributed by atoms with van der Waals surface area (Å²) in [4.78, 5) is 4.49. The number of ether oxygens (including phenoxy) is 1. The van der Waals surface area contributed by atoms with E-state index in [0.29, 0.717) is 11.3 Å². The van der Waals surface area contributed by atoms with Gasteiger partial charge in [0.2, 0.25) is 0 Å². The maximum absolute atomic E-state index is 14.5. The van der Waals surface area contributed by atoms with Crippen LogP contribution in [-0.4, -0.2) is 11.6 Å². The van der Waals surface area contributed by atoms with Crippen molar-refractivity contribution in [2.45, 2.75) is 46.0 Å². The van der Waals surface area contributed by atoms with Gasteiger partial charge in [-0.3, -0.25) is 4.98 Å². The summed E-state index contributed by atoms with van der Waals surface area (Å²) in [5, 5.41) is 0. The SMILES string of the molecule is CCCCOc1ccc(-c2ccc(-c3ccc(CCCC)cc3F)nc2)cc1. The lowest BCUT2D eigenvalue weighted by Crippen LogP contribution is -1.96. The summed E-state index contributed by atoms with van der Waals surface area (Å²) in [6, 6.07) is 17.4. The minimum atomic E-state index is -0.206. The van der Waals surface area contributed by atoms with Crippen molar-refractivity contribution in [3.05, 3.63) is 72.2 Å². The van der Waals surface area contributed by atoms with Crippen LogP contribution in [0.15, 0.2) is 60.8 Å². The predicted molar refractivity (Wildman–Crippen MR) is 114 cm³/mol. The number of benzene rings is 2. The van der Waals surface area contributed by atoms with Gasteiger partial charge in [0.25, 0.3) is 0 Å². The number of aromatic nitrogens is 1. The molecule has 3 aromatic rings. The number of aryl methyl sites for hydroxylation is 1. The number of unbranched alkanes of at least 4 members (excludes halogenated alkanes) is 2. The van der Waals surface area contributed by atoms with Gasteiger partial charge in [-0.2, -0.15) is 0 Å². The Labute approximate surface area is 167 Å². The molecule has 3 rings (SSSR count). The third-order valence-electron chi connectivity index (χ3n) is 4.85. The van der Waals surface area contributed by atoms with E-state index in [9.17, 15) is 4.39 Å². The molecule has 0 aliphatic carbocycles. The van der Waals surface area contributed by atoms with Crippen molar-refractivity contribution in [1.82, 2.24) is 4.98 Å². The van der Waals surface area contributed by atoms with E-state index in [0.717, 1.165) is 61.2 Å². The molecule has 0 fully saturated rings. The van der Waals surface area contributed by atoms with Gasteiger partial charge in [-0.1, -0.05) is 51.0 Å². The van der Waals surface area contributed by atoms with Crippen molar-refractivity contribution < 1.29 is 9.13 Å². The van der Waals surface area contributed by atoms with Gasteiger partial charge in [-0.15, -0.1) is 0 Å². The fourth-order valence-corrected chi connectivity index (χ4v) is 3.10. The van der Waals surface area contributed by atoms with Crippen molar-refractivity contribution in [3.63, 3.8) is 0 Å². The van der Waals surface area contributed by atoms with E-state index >= 15 is 0 Å². The highest BCUT2D eigenvalue weighted by molar-refractivity contribution is 5.67. The molecule has 0 amide bonds. The largest absolute Gasteiger partial charge is 0.494 e. The standard InChI is InChI=1S/C25H28FNO/c1-3-5-7-19-8-14-23(24(26)17-19)25-15-11-21(18-27-25)20-9-12-22(13-10-20)28-16-6-4-2/h8-15,17-18H,3-7,16H2,1-2H3. The molecule has 146 valence electrons. The molecule has 0 N–H and O–H groups in total. The van der Waals surface area contributed by atoms with E-state index in [2.05, 4.69) is 18.8 Å². The van der Waals surface area contributed by atoms with Crippen molar-refractivity contribution in [2.75, 3.05) is 6.61 Å². The number of pyridine rings is 1. The average Bonchev–Trinajstić information content (AvgIpc) is 2.73. The summed E-state index contributed by atoms with van der Waals surface area (Å²) in [5.74, 6) is 0.675. The van der Waals surface area contributed by atoms with Gasteiger partial charge in [0.1, 0.15) is 11.6 Å². The van der Waals surface area contributed by atoms with Gasteiger partial charge in [0.05, 0.1) is 12.3 Å². The molecule has 0 saturated heterocycles. The molecule has 0 spiro atoms. The second-order valence-corrected chi connectivity index (χ2v) is 7.08. The van der Waals surface area contributed by atoms with Crippen LogP contribution in [0.25, 0.3) is 22.4 Å². The molecule has 1 heterocycles. The van der Waals surface area contributed by atoms with Crippen LogP contribution in [-0.2, 0) is 6.42 Å². The van der Waals surface area contributed by atoms with Crippen LogP contribution in [0.5, 0.6) is 5.75 Å². The number of rotatable bonds is 9. The Balaban J connectivity index is 1.71. The van der Waals surface area contributed by atoms with Gasteiger partial charge >= 0.3 is 0 Å².